The molecule has 21 heavy (non-hydrogen) atoms. The second kappa shape index (κ2) is 4.98. The predicted molar refractivity (Wildman–Crippen MR) is 78.8 cm³/mol. The van der Waals surface area contributed by atoms with Gasteiger partial charge in [-0.1, -0.05) is 18.2 Å². The van der Waals surface area contributed by atoms with E-state index in [1.807, 2.05) is 0 Å². The summed E-state index contributed by atoms with van der Waals surface area (Å²) in [4.78, 5) is 12.3. The van der Waals surface area contributed by atoms with Crippen LogP contribution >= 0.6 is 0 Å². The summed E-state index contributed by atoms with van der Waals surface area (Å²) in [6.45, 7) is 0. The minimum atomic E-state index is -0.0868. The van der Waals surface area contributed by atoms with E-state index >= 15 is 0 Å². The van der Waals surface area contributed by atoms with Crippen LogP contribution in [0.5, 0.6) is 17.2 Å². The number of phenolic OH excluding ortho intramolecular Hbond substituents is 2. The van der Waals surface area contributed by atoms with Crippen LogP contribution < -0.4 is 4.74 Å². The van der Waals surface area contributed by atoms with E-state index in [1.165, 1.54) is 7.11 Å². The van der Waals surface area contributed by atoms with E-state index in [9.17, 15) is 15.0 Å². The number of Topliss-reactive ketones (excluding diaryl/α,β-unsaturated/α-hetero) is 1. The average Bonchev–Trinajstić information content (AvgIpc) is 2.78. The zero-order valence-electron chi connectivity index (χ0n) is 11.5. The van der Waals surface area contributed by atoms with E-state index in [4.69, 9.17) is 4.74 Å². The van der Waals surface area contributed by atoms with Gasteiger partial charge in [0.25, 0.3) is 0 Å². The molecule has 0 bridgehead atoms. The standard InChI is InChI=1S/C17H14O4/c1-21-16-6-5-10(8-15(16)19)7-11-9-13-12(17(11)20)3-2-4-14(13)18/h2-8,18-19H,9H2,1H3/b11-7+. The molecule has 0 saturated heterocycles. The summed E-state index contributed by atoms with van der Waals surface area (Å²) in [6.07, 6.45) is 2.12. The van der Waals surface area contributed by atoms with Gasteiger partial charge in [-0.2, -0.15) is 0 Å². The van der Waals surface area contributed by atoms with E-state index in [2.05, 4.69) is 0 Å². The molecule has 0 radical (unpaired) electrons. The van der Waals surface area contributed by atoms with Gasteiger partial charge in [0, 0.05) is 23.1 Å². The van der Waals surface area contributed by atoms with Gasteiger partial charge in [0.2, 0.25) is 0 Å². The Morgan fingerprint density at radius 2 is 1.95 bits per heavy atom. The Hall–Kier alpha value is -2.75. The Labute approximate surface area is 121 Å². The van der Waals surface area contributed by atoms with Crippen LogP contribution in [0.25, 0.3) is 6.08 Å². The average molecular weight is 282 g/mol. The van der Waals surface area contributed by atoms with Crippen LogP contribution in [0.4, 0.5) is 0 Å². The van der Waals surface area contributed by atoms with Crippen molar-refractivity contribution in [2.45, 2.75) is 6.42 Å². The summed E-state index contributed by atoms with van der Waals surface area (Å²) in [5.74, 6) is 0.464. The number of hydrogen-bond acceptors (Lipinski definition) is 4. The fourth-order valence-corrected chi connectivity index (χ4v) is 2.53. The van der Waals surface area contributed by atoms with E-state index in [0.29, 0.717) is 34.4 Å². The minimum absolute atomic E-state index is 0.0256. The third-order valence-corrected chi connectivity index (χ3v) is 3.60. The Bertz CT molecular complexity index is 759. The van der Waals surface area contributed by atoms with Crippen LogP contribution in [0.1, 0.15) is 21.5 Å². The summed E-state index contributed by atoms with van der Waals surface area (Å²) in [6, 6.07) is 9.90. The molecule has 0 unspecified atom stereocenters. The summed E-state index contributed by atoms with van der Waals surface area (Å²) in [5, 5.41) is 19.6. The molecule has 0 saturated carbocycles. The fourth-order valence-electron chi connectivity index (χ4n) is 2.53. The van der Waals surface area contributed by atoms with Gasteiger partial charge in [-0.3, -0.25) is 4.79 Å². The zero-order valence-corrected chi connectivity index (χ0v) is 11.5. The van der Waals surface area contributed by atoms with Crippen molar-refractivity contribution in [1.29, 1.82) is 0 Å². The van der Waals surface area contributed by atoms with Gasteiger partial charge in [0.05, 0.1) is 7.11 Å². The number of carbonyl (C=O) groups excluding carboxylic acids is 1. The highest BCUT2D eigenvalue weighted by Gasteiger charge is 2.26. The van der Waals surface area contributed by atoms with Gasteiger partial charge in [0.1, 0.15) is 5.75 Å². The molecule has 2 N–H and O–H groups in total. The molecular weight excluding hydrogens is 268 g/mol. The molecular formula is C17H14O4. The quantitative estimate of drug-likeness (QED) is 0.831. The summed E-state index contributed by atoms with van der Waals surface area (Å²) < 4.78 is 4.99. The first kappa shape index (κ1) is 13.2. The second-order valence-electron chi connectivity index (χ2n) is 4.91. The Morgan fingerprint density at radius 3 is 2.62 bits per heavy atom. The summed E-state index contributed by atoms with van der Waals surface area (Å²) >= 11 is 0. The van der Waals surface area contributed by atoms with Gasteiger partial charge >= 0.3 is 0 Å². The molecule has 4 nitrogen and oxygen atoms in total. The fraction of sp³-hybridized carbons (Fsp3) is 0.118. The lowest BCUT2D eigenvalue weighted by atomic mass is 10.1. The molecule has 1 aliphatic rings. The van der Waals surface area contributed by atoms with Crippen molar-refractivity contribution in [2.24, 2.45) is 0 Å². The van der Waals surface area contributed by atoms with Gasteiger partial charge in [-0.15, -0.1) is 0 Å². The van der Waals surface area contributed by atoms with Crippen LogP contribution in [0.3, 0.4) is 0 Å². The lowest BCUT2D eigenvalue weighted by molar-refractivity contribution is 0.104. The van der Waals surface area contributed by atoms with Crippen molar-refractivity contribution >= 4 is 11.9 Å². The highest BCUT2D eigenvalue weighted by atomic mass is 16.5. The smallest absolute Gasteiger partial charge is 0.189 e. The molecule has 2 aromatic carbocycles. The molecule has 0 fully saturated rings. The molecule has 106 valence electrons. The zero-order chi connectivity index (χ0) is 15.0. The Morgan fingerprint density at radius 1 is 1.14 bits per heavy atom. The largest absolute Gasteiger partial charge is 0.508 e. The van der Waals surface area contributed by atoms with Crippen molar-refractivity contribution in [3.8, 4) is 17.2 Å². The van der Waals surface area contributed by atoms with Crippen molar-refractivity contribution in [3.05, 3.63) is 58.7 Å². The minimum Gasteiger partial charge on any atom is -0.508 e. The third kappa shape index (κ3) is 2.25. The molecule has 0 atom stereocenters. The first-order chi connectivity index (χ1) is 10.1. The van der Waals surface area contributed by atoms with E-state index in [0.717, 1.165) is 0 Å². The second-order valence-corrected chi connectivity index (χ2v) is 4.91. The number of fused-ring (bicyclic) bond motifs is 1. The number of ketones is 1. The van der Waals surface area contributed by atoms with Gasteiger partial charge < -0.3 is 14.9 Å². The lowest BCUT2D eigenvalue weighted by Gasteiger charge is -2.04. The van der Waals surface area contributed by atoms with Gasteiger partial charge in [-0.25, -0.2) is 0 Å². The maximum Gasteiger partial charge on any atom is 0.189 e. The maximum atomic E-state index is 12.3. The van der Waals surface area contributed by atoms with E-state index in [1.54, 1.807) is 42.5 Å². The summed E-state index contributed by atoms with van der Waals surface area (Å²) in [5.41, 5.74) is 2.51. The maximum absolute atomic E-state index is 12.3. The number of ether oxygens (including phenoxy) is 1. The first-order valence-corrected chi connectivity index (χ1v) is 6.53. The highest BCUT2D eigenvalue weighted by Crippen LogP contribution is 2.34. The summed E-state index contributed by atoms with van der Waals surface area (Å²) in [7, 11) is 1.48. The van der Waals surface area contributed by atoms with Crippen LogP contribution in [0, 0.1) is 0 Å². The number of allylic oxidation sites excluding steroid dienone is 1. The van der Waals surface area contributed by atoms with E-state index in [-0.39, 0.29) is 17.3 Å². The highest BCUT2D eigenvalue weighted by molar-refractivity contribution is 6.16. The molecule has 0 spiro atoms. The van der Waals surface area contributed by atoms with Crippen molar-refractivity contribution < 1.29 is 19.7 Å². The number of carbonyl (C=O) groups is 1. The Balaban J connectivity index is 1.98. The van der Waals surface area contributed by atoms with Crippen LogP contribution in [0.15, 0.2) is 42.0 Å². The molecule has 1 aliphatic carbocycles. The third-order valence-electron chi connectivity index (χ3n) is 3.60. The number of rotatable bonds is 2. The van der Waals surface area contributed by atoms with Gasteiger partial charge in [0.15, 0.2) is 17.3 Å². The van der Waals surface area contributed by atoms with Crippen molar-refractivity contribution in [3.63, 3.8) is 0 Å². The number of phenols is 2. The van der Waals surface area contributed by atoms with Crippen molar-refractivity contribution in [2.75, 3.05) is 7.11 Å². The topological polar surface area (TPSA) is 66.8 Å². The molecule has 0 aliphatic heterocycles. The SMILES string of the molecule is COc1ccc(/C=C2\Cc3c(O)cccc3C2=O)cc1O. The monoisotopic (exact) mass is 282 g/mol. The Kier molecular flexibility index (Phi) is 3.14. The normalized spacial score (nSPS) is 15.3. The lowest BCUT2D eigenvalue weighted by Crippen LogP contribution is -1.95. The number of methoxy groups -OCH3 is 1. The van der Waals surface area contributed by atoms with Crippen LogP contribution in [0.2, 0.25) is 0 Å². The molecule has 0 amide bonds. The number of benzene rings is 2. The predicted octanol–water partition coefficient (Wildman–Crippen LogP) is 2.93. The van der Waals surface area contributed by atoms with Crippen molar-refractivity contribution in [1.82, 2.24) is 0 Å². The number of hydrogen-bond donors (Lipinski definition) is 2. The molecule has 4 heteroatoms. The van der Waals surface area contributed by atoms with Crippen LogP contribution in [-0.2, 0) is 6.42 Å². The molecule has 2 aromatic rings. The molecule has 3 rings (SSSR count). The van der Waals surface area contributed by atoms with Crippen LogP contribution in [-0.4, -0.2) is 23.1 Å². The van der Waals surface area contributed by atoms with E-state index < -0.39 is 0 Å². The number of aromatic hydroxyl groups is 2. The molecule has 0 aromatic heterocycles. The first-order valence-electron chi connectivity index (χ1n) is 6.53. The molecule has 0 heterocycles. The van der Waals surface area contributed by atoms with Gasteiger partial charge in [-0.05, 0) is 29.8 Å².